The molecule has 0 fully saturated rings. The Labute approximate surface area is 191 Å². The third-order valence-corrected chi connectivity index (χ3v) is 0. The van der Waals surface area contributed by atoms with Crippen LogP contribution in [0.5, 0.6) is 0 Å². The van der Waals surface area contributed by atoms with Crippen molar-refractivity contribution in [2.24, 2.45) is 0 Å². The fourth-order valence-electron chi connectivity index (χ4n) is 0. The standard InChI is InChI=1S/3Ca.H3O4P.10H2O.6H/c;;;1-5(2,3)4;;;;;;;;;;;;;;;;/h;;;(H3,1,2,3,4);10*1H2;;;;;;. The van der Waals surface area contributed by atoms with Crippen molar-refractivity contribution in [2.45, 2.75) is 0 Å². The van der Waals surface area contributed by atoms with E-state index in [-0.39, 0.29) is 168 Å². The van der Waals surface area contributed by atoms with Crippen molar-refractivity contribution in [3.63, 3.8) is 0 Å². The van der Waals surface area contributed by atoms with Crippen molar-refractivity contribution < 1.29 is 74.0 Å². The van der Waals surface area contributed by atoms with E-state index in [1.165, 1.54) is 0 Å². The van der Waals surface area contributed by atoms with Crippen LogP contribution in [0.3, 0.4) is 0 Å². The molecule has 0 aromatic heterocycles. The second-order valence-electron chi connectivity index (χ2n) is 0.513. The summed E-state index contributed by atoms with van der Waals surface area (Å²) in [4.78, 5) is 21.6. The zero-order valence-electron chi connectivity index (χ0n) is 7.20. The molecule has 0 aromatic rings. The van der Waals surface area contributed by atoms with Gasteiger partial charge in [-0.2, -0.15) is 0 Å². The minimum atomic E-state index is -4.64. The Bertz CT molecular complexity index is 63.2. The average Bonchev–Trinajstić information content (AvgIpc) is 0.722. The van der Waals surface area contributed by atoms with Crippen molar-refractivity contribution in [1.82, 2.24) is 0 Å². The van der Waals surface area contributed by atoms with Crippen molar-refractivity contribution in [1.29, 1.82) is 0 Å². The first-order valence-electron chi connectivity index (χ1n) is 0.783. The van der Waals surface area contributed by atoms with Gasteiger partial charge in [0.25, 0.3) is 0 Å². The van der Waals surface area contributed by atoms with E-state index in [4.69, 9.17) is 19.2 Å². The van der Waals surface area contributed by atoms with E-state index in [1.807, 2.05) is 0 Å². The van der Waals surface area contributed by atoms with Gasteiger partial charge in [0.05, 0.1) is 0 Å². The van der Waals surface area contributed by atoms with Gasteiger partial charge in [-0.05, 0) is 0 Å². The molecule has 0 saturated heterocycles. The van der Waals surface area contributed by atoms with Crippen LogP contribution < -0.4 is 0 Å². The molecule has 23 N–H and O–H groups in total. The maximum absolute atomic E-state index is 8.88. The number of phosphoric acid groups is 1. The van der Waals surface area contributed by atoms with Crippen molar-refractivity contribution >= 4 is 121 Å². The van der Waals surface area contributed by atoms with Crippen LogP contribution in [0.15, 0.2) is 0 Å². The molecule has 0 unspecified atom stereocenters. The first-order valence-corrected chi connectivity index (χ1v) is 2.35. The summed E-state index contributed by atoms with van der Waals surface area (Å²) in [6.07, 6.45) is 0. The van der Waals surface area contributed by atoms with Gasteiger partial charge in [-0.15, -0.1) is 0 Å². The molecule has 0 spiro atoms. The molecule has 0 aliphatic rings. The van der Waals surface area contributed by atoms with E-state index in [0.717, 1.165) is 0 Å². The van der Waals surface area contributed by atoms with Crippen LogP contribution in [0.25, 0.3) is 0 Å². The normalized spacial score (nSPS) is 3.28. The van der Waals surface area contributed by atoms with Gasteiger partial charge in [-0.3, -0.25) is 0 Å². The molecule has 0 aliphatic carbocycles. The van der Waals surface area contributed by atoms with Crippen molar-refractivity contribution in [3.05, 3.63) is 0 Å². The Morgan fingerprint density at radius 2 is 0.444 bits per heavy atom. The van der Waals surface area contributed by atoms with E-state index in [9.17, 15) is 0 Å². The Morgan fingerprint density at radius 1 is 0.444 bits per heavy atom. The number of rotatable bonds is 0. The summed E-state index contributed by atoms with van der Waals surface area (Å²) in [6, 6.07) is 0. The summed E-state index contributed by atoms with van der Waals surface area (Å²) >= 11 is 0. The van der Waals surface area contributed by atoms with Crippen LogP contribution in [0.2, 0.25) is 0 Å². The van der Waals surface area contributed by atoms with E-state index < -0.39 is 7.82 Å². The SMILES string of the molecule is O.O.O.O.O.O.O.O.O.O.O=P(O)(O)O.[CaH2].[CaH2].[CaH2]. The molecule has 124 valence electrons. The molecular formula is H29Ca3O14P. The molecule has 0 bridgehead atoms. The van der Waals surface area contributed by atoms with Gasteiger partial charge in [-0.25, -0.2) is 4.57 Å². The zero-order valence-corrected chi connectivity index (χ0v) is 8.09. The first-order chi connectivity index (χ1) is 2.00. The molecule has 0 aliphatic heterocycles. The summed E-state index contributed by atoms with van der Waals surface area (Å²) in [5, 5.41) is 0. The van der Waals surface area contributed by atoms with Gasteiger partial charge in [0.2, 0.25) is 0 Å². The minimum absolute atomic E-state index is 0. The quantitative estimate of drug-likeness (QED) is 0.261. The molecule has 0 radical (unpaired) electrons. The molecule has 14 nitrogen and oxygen atoms in total. The fourth-order valence-corrected chi connectivity index (χ4v) is 0. The van der Waals surface area contributed by atoms with Crippen molar-refractivity contribution in [2.75, 3.05) is 0 Å². The fraction of sp³-hybridized carbons (Fsp3) is 0. The van der Waals surface area contributed by atoms with Gasteiger partial charge in [0.15, 0.2) is 0 Å². The first kappa shape index (κ1) is 161. The molecular weight excluding hydrogens is 375 g/mol. The Kier molecular flexibility index (Phi) is 772. The summed E-state index contributed by atoms with van der Waals surface area (Å²) in [5.74, 6) is 0. The van der Waals surface area contributed by atoms with Crippen LogP contribution in [0, 0.1) is 0 Å². The van der Waals surface area contributed by atoms with Gasteiger partial charge in [0, 0.05) is 0 Å². The third kappa shape index (κ3) is 547. The number of hydrogen-bond acceptors (Lipinski definition) is 1. The third-order valence-electron chi connectivity index (χ3n) is 0. The summed E-state index contributed by atoms with van der Waals surface area (Å²) in [7, 11) is -4.64. The van der Waals surface area contributed by atoms with Gasteiger partial charge in [-0.1, -0.05) is 0 Å². The Hall–Kier alpha value is 3.49. The molecule has 18 heavy (non-hydrogen) atoms. The molecule has 0 aromatic carbocycles. The molecule has 0 rings (SSSR count). The van der Waals surface area contributed by atoms with Crippen LogP contribution in [-0.4, -0.2) is 183 Å². The second-order valence-corrected chi connectivity index (χ2v) is 1.54. The molecule has 18 heteroatoms. The summed E-state index contributed by atoms with van der Waals surface area (Å²) in [5.41, 5.74) is 0. The van der Waals surface area contributed by atoms with Crippen molar-refractivity contribution in [3.8, 4) is 0 Å². The predicted octanol–water partition coefficient (Wildman–Crippen LogP) is -11.9. The van der Waals surface area contributed by atoms with Crippen LogP contribution in [0.4, 0.5) is 0 Å². The topological polar surface area (TPSA) is 393 Å². The molecule has 0 saturated carbocycles. The molecule has 0 amide bonds. The maximum atomic E-state index is 8.88. The second kappa shape index (κ2) is 86.4. The van der Waals surface area contributed by atoms with Crippen LogP contribution in [-0.2, 0) is 4.57 Å². The monoisotopic (exact) mass is 404 g/mol. The molecule has 0 atom stereocenters. The van der Waals surface area contributed by atoms with Crippen LogP contribution >= 0.6 is 7.82 Å². The van der Waals surface area contributed by atoms with E-state index in [0.29, 0.717) is 0 Å². The predicted molar refractivity (Wildman–Crippen MR) is 76.0 cm³/mol. The van der Waals surface area contributed by atoms with E-state index in [2.05, 4.69) is 0 Å². The van der Waals surface area contributed by atoms with E-state index >= 15 is 0 Å². The van der Waals surface area contributed by atoms with Gasteiger partial charge < -0.3 is 69.4 Å². The van der Waals surface area contributed by atoms with Crippen LogP contribution in [0.1, 0.15) is 0 Å². The zero-order chi connectivity index (χ0) is 4.50. The summed E-state index contributed by atoms with van der Waals surface area (Å²) < 4.78 is 8.88. The number of hydrogen-bond donors (Lipinski definition) is 3. The van der Waals surface area contributed by atoms with Gasteiger partial charge >= 0.3 is 121 Å². The van der Waals surface area contributed by atoms with Gasteiger partial charge in [0.1, 0.15) is 0 Å². The average molecular weight is 404 g/mol. The van der Waals surface area contributed by atoms with E-state index in [1.54, 1.807) is 0 Å². The Balaban J connectivity index is -0.00000000103. The molecule has 0 heterocycles. The summed E-state index contributed by atoms with van der Waals surface area (Å²) in [6.45, 7) is 0. The Morgan fingerprint density at radius 3 is 0.444 bits per heavy atom.